The molecule has 4 fully saturated rings. The zero-order valence-electron chi connectivity index (χ0n) is 36.4. The summed E-state index contributed by atoms with van der Waals surface area (Å²) < 4.78 is 46.3. The Morgan fingerprint density at radius 3 is 1.67 bits per heavy atom. The summed E-state index contributed by atoms with van der Waals surface area (Å²) in [5.74, 6) is 2.65. The summed E-state index contributed by atoms with van der Waals surface area (Å²) in [6.45, 7) is 5.51. The minimum absolute atomic E-state index is 0.0392. The van der Waals surface area contributed by atoms with Gasteiger partial charge in [0, 0.05) is 68.4 Å². The van der Waals surface area contributed by atoms with E-state index in [9.17, 15) is 33.4 Å². The zero-order chi connectivity index (χ0) is 47.5. The molecule has 2 saturated carbocycles. The highest BCUT2D eigenvalue weighted by molar-refractivity contribution is 6.31. The number of aromatic nitrogens is 4. The number of aliphatic hydroxyl groups is 1. The van der Waals surface area contributed by atoms with Crippen LogP contribution in [-0.4, -0.2) is 98.2 Å². The number of hydrogen-bond donors (Lipinski definition) is 3. The molecule has 2 saturated heterocycles. The lowest BCUT2D eigenvalue weighted by Crippen LogP contribution is -2.22. The molecule has 6 aromatic rings. The zero-order valence-corrected chi connectivity index (χ0v) is 37.9. The fraction of sp³-hybridized carbons (Fsp3) is 0.391. The first-order valence-corrected chi connectivity index (χ1v) is 22.5. The summed E-state index contributed by atoms with van der Waals surface area (Å²) in [6.07, 6.45) is 7.42. The summed E-state index contributed by atoms with van der Waals surface area (Å²) in [4.78, 5) is 42.5. The van der Waals surface area contributed by atoms with Crippen LogP contribution >= 0.6 is 23.2 Å². The second-order valence-corrected chi connectivity index (χ2v) is 18.4. The van der Waals surface area contributed by atoms with E-state index in [2.05, 4.69) is 54.5 Å². The summed E-state index contributed by atoms with van der Waals surface area (Å²) in [6, 6.07) is 13.1. The molecule has 16 nitrogen and oxygen atoms in total. The van der Waals surface area contributed by atoms with Gasteiger partial charge in [-0.15, -0.1) is 0 Å². The molecule has 10 rings (SSSR count). The first-order chi connectivity index (χ1) is 32.1. The number of fused-ring (bicyclic) bond motifs is 4. The first-order valence-electron chi connectivity index (χ1n) is 21.7. The average Bonchev–Trinajstić information content (AvgIpc) is 4.07. The quantitative estimate of drug-likeness (QED) is 0.0866. The number of hydrogen-bond acceptors (Lipinski definition) is 14. The maximum atomic E-state index is 13.6. The number of rotatable bonds is 10. The summed E-state index contributed by atoms with van der Waals surface area (Å²) in [5.41, 5.74) is 0.790. The Labute approximate surface area is 392 Å². The highest BCUT2D eigenvalue weighted by Gasteiger charge is 2.42. The Balaban J connectivity index is 0.000000154. The predicted molar refractivity (Wildman–Crippen MR) is 249 cm³/mol. The summed E-state index contributed by atoms with van der Waals surface area (Å²) >= 11 is 11.6. The lowest BCUT2D eigenvalue weighted by atomic mass is 9.93. The third-order valence-electron chi connectivity index (χ3n) is 13.2. The van der Waals surface area contributed by atoms with Crippen molar-refractivity contribution < 1.29 is 32.9 Å². The molecule has 0 amide bonds. The van der Waals surface area contributed by atoms with Crippen LogP contribution in [0.2, 0.25) is 10.0 Å². The van der Waals surface area contributed by atoms with Crippen molar-refractivity contribution in [3.05, 3.63) is 121 Å². The number of benzene rings is 4. The molecule has 2 aliphatic carbocycles. The highest BCUT2D eigenvalue weighted by atomic mass is 35.5. The van der Waals surface area contributed by atoms with Gasteiger partial charge < -0.3 is 30.3 Å². The molecule has 2 aromatic heterocycles. The fourth-order valence-corrected chi connectivity index (χ4v) is 10.4. The minimum atomic E-state index is -0.989. The van der Waals surface area contributed by atoms with Crippen molar-refractivity contribution in [1.29, 1.82) is 0 Å². The Morgan fingerprint density at radius 1 is 0.672 bits per heavy atom. The smallest absolute Gasteiger partial charge is 0.311 e. The van der Waals surface area contributed by atoms with Crippen LogP contribution in [0.1, 0.15) is 25.7 Å². The number of nitrogens with zero attached hydrogens (tertiary/aromatic N) is 8. The van der Waals surface area contributed by atoms with E-state index in [1.54, 1.807) is 6.07 Å². The number of halogens is 5. The number of nitro groups is 2. The maximum absolute atomic E-state index is 13.6. The molecule has 0 bridgehead atoms. The van der Waals surface area contributed by atoms with E-state index in [0.717, 1.165) is 49.5 Å². The summed E-state index contributed by atoms with van der Waals surface area (Å²) in [7, 11) is 4.32. The molecule has 67 heavy (non-hydrogen) atoms. The maximum Gasteiger partial charge on any atom is 0.311 e. The van der Waals surface area contributed by atoms with E-state index in [-0.39, 0.29) is 38.2 Å². The number of ether oxygens (including phenoxy) is 1. The molecule has 4 heterocycles. The molecule has 6 unspecified atom stereocenters. The van der Waals surface area contributed by atoms with Gasteiger partial charge in [0.2, 0.25) is 5.82 Å². The van der Waals surface area contributed by atoms with Crippen LogP contribution in [0.25, 0.3) is 21.8 Å². The van der Waals surface area contributed by atoms with E-state index in [0.29, 0.717) is 65.0 Å². The van der Waals surface area contributed by atoms with Crippen molar-refractivity contribution in [2.45, 2.75) is 25.7 Å². The average molecular weight is 964 g/mol. The lowest BCUT2D eigenvalue weighted by Gasteiger charge is -2.19. The fourth-order valence-electron chi connectivity index (χ4n) is 9.99. The predicted octanol–water partition coefficient (Wildman–Crippen LogP) is 9.82. The van der Waals surface area contributed by atoms with Crippen molar-refractivity contribution in [3.8, 4) is 5.75 Å². The Kier molecular flexibility index (Phi) is 14.5. The largest absolute Gasteiger partial charge is 0.486 e. The van der Waals surface area contributed by atoms with E-state index in [1.807, 2.05) is 0 Å². The van der Waals surface area contributed by atoms with Gasteiger partial charge in [-0.2, -0.15) is 4.39 Å². The number of nitro benzene ring substituents is 2. The molecule has 6 atom stereocenters. The molecule has 4 aromatic carbocycles. The number of nitrogens with one attached hydrogen (secondary N) is 2. The summed E-state index contributed by atoms with van der Waals surface area (Å²) in [5, 5.41) is 38.2. The number of aliphatic hydroxyl groups excluding tert-OH is 1. The van der Waals surface area contributed by atoms with Gasteiger partial charge in [0.1, 0.15) is 35.9 Å². The molecular weight excluding hydrogens is 916 g/mol. The van der Waals surface area contributed by atoms with Crippen LogP contribution in [-0.2, 0) is 0 Å². The first kappa shape index (κ1) is 47.5. The van der Waals surface area contributed by atoms with Crippen LogP contribution in [0.15, 0.2) is 73.3 Å². The van der Waals surface area contributed by atoms with Gasteiger partial charge >= 0.3 is 11.4 Å². The minimum Gasteiger partial charge on any atom is -0.486 e. The van der Waals surface area contributed by atoms with Crippen LogP contribution < -0.4 is 15.4 Å². The van der Waals surface area contributed by atoms with Crippen LogP contribution in [0.3, 0.4) is 0 Å². The molecule has 3 N–H and O–H groups in total. The second kappa shape index (κ2) is 20.5. The monoisotopic (exact) mass is 962 g/mol. The van der Waals surface area contributed by atoms with E-state index in [4.69, 9.17) is 33.0 Å². The Morgan fingerprint density at radius 2 is 1.16 bits per heavy atom. The molecule has 352 valence electrons. The van der Waals surface area contributed by atoms with Crippen molar-refractivity contribution in [2.24, 2.45) is 35.5 Å². The second-order valence-electron chi connectivity index (χ2n) is 17.6. The van der Waals surface area contributed by atoms with Crippen LogP contribution in [0.4, 0.5) is 47.6 Å². The van der Waals surface area contributed by atoms with Crippen molar-refractivity contribution in [1.82, 2.24) is 29.7 Å². The third kappa shape index (κ3) is 10.8. The van der Waals surface area contributed by atoms with Gasteiger partial charge in [0.15, 0.2) is 5.75 Å². The lowest BCUT2D eigenvalue weighted by molar-refractivity contribution is -0.387. The number of likely N-dealkylation sites (tertiary alicyclic amines) is 2. The normalized spacial score (nSPS) is 22.1. The van der Waals surface area contributed by atoms with Crippen molar-refractivity contribution >= 4 is 79.4 Å². The molecular formula is C46H47Cl2F3N10O6. The molecule has 4 aliphatic rings. The van der Waals surface area contributed by atoms with Gasteiger partial charge in [0.25, 0.3) is 0 Å². The van der Waals surface area contributed by atoms with Gasteiger partial charge in [-0.3, -0.25) is 20.2 Å². The molecule has 2 aliphatic heterocycles. The Bertz CT molecular complexity index is 2810. The Hall–Kier alpha value is -5.99. The van der Waals surface area contributed by atoms with Gasteiger partial charge in [-0.05, 0) is 112 Å². The van der Waals surface area contributed by atoms with Gasteiger partial charge in [-0.1, -0.05) is 23.2 Å². The standard InChI is InChI=1S/C23H23ClFN5O3.C14H7ClF2N4O2.C9H17NO/c1-29-9-13-2-3-14(17(13)10-29)11-33-22-8-20-16(7-21(22)30(31)32)23(27-12-26-20)28-15-4-5-19(25)18(24)6-15;15-9-3-7(1-2-10(9)16)20-14-8-4-13(21(22)23)11(17)5-12(8)18-6-19-14;1-10-4-7-2-3-8(6-11)9(7)5-10/h4-8,12-14,17H,2-3,9-11H2,1H3,(H,26,27,28);1-6H,(H,18,19,20);7-9,11H,2-6H2,1H3. The van der Waals surface area contributed by atoms with E-state index >= 15 is 0 Å². The van der Waals surface area contributed by atoms with E-state index in [1.165, 1.54) is 81.4 Å². The third-order valence-corrected chi connectivity index (χ3v) is 13.8. The van der Waals surface area contributed by atoms with Crippen LogP contribution in [0, 0.1) is 73.2 Å². The molecule has 0 radical (unpaired) electrons. The molecule has 21 heteroatoms. The molecule has 0 spiro atoms. The van der Waals surface area contributed by atoms with Gasteiger partial charge in [0.05, 0.1) is 48.3 Å². The SMILES string of the molecule is CN1CC2CCC(CO)C2C1.CN1CC2CCC(COc3cc4ncnc(Nc5ccc(F)c(Cl)c5)c4cc3[N+](=O)[O-])C2C1.O=[N+]([O-])c1cc2c(Nc3ccc(F)c(Cl)c3)ncnc2cc1F. The van der Waals surface area contributed by atoms with E-state index < -0.39 is 33.0 Å². The number of anilines is 4. The van der Waals surface area contributed by atoms with Gasteiger partial charge in [-0.25, -0.2) is 28.7 Å². The van der Waals surface area contributed by atoms with Crippen LogP contribution in [0.5, 0.6) is 5.75 Å². The van der Waals surface area contributed by atoms with Crippen molar-refractivity contribution in [3.63, 3.8) is 0 Å². The topological polar surface area (TPSA) is 198 Å². The van der Waals surface area contributed by atoms with Crippen molar-refractivity contribution in [2.75, 3.05) is 64.1 Å². The highest BCUT2D eigenvalue weighted by Crippen LogP contribution is 2.44.